The number of hydrogen-bond donors (Lipinski definition) is 2. The van der Waals surface area contributed by atoms with Crippen molar-refractivity contribution in [2.45, 2.75) is 44.9 Å². The zero-order valence-electron chi connectivity index (χ0n) is 18.0. The van der Waals surface area contributed by atoms with E-state index in [2.05, 4.69) is 27.8 Å². The van der Waals surface area contributed by atoms with Gasteiger partial charge < -0.3 is 15.2 Å². The molecule has 0 aliphatic heterocycles. The van der Waals surface area contributed by atoms with Crippen LogP contribution in [0.3, 0.4) is 0 Å². The van der Waals surface area contributed by atoms with Gasteiger partial charge in [0.1, 0.15) is 0 Å². The number of thioether (sulfide) groups is 1. The van der Waals surface area contributed by atoms with Gasteiger partial charge in [-0.2, -0.15) is 0 Å². The normalized spacial score (nSPS) is 11.7. The molecule has 0 saturated heterocycles. The van der Waals surface area contributed by atoms with E-state index in [0.29, 0.717) is 23.1 Å². The lowest BCUT2D eigenvalue weighted by Crippen LogP contribution is -2.28. The fraction of sp³-hybridized carbons (Fsp3) is 0.304. The molecule has 0 bridgehead atoms. The first-order valence-electron chi connectivity index (χ1n) is 10.3. The van der Waals surface area contributed by atoms with E-state index in [-0.39, 0.29) is 23.6 Å². The molecule has 162 valence electrons. The molecule has 1 aromatic heterocycles. The molecular weight excluding hydrogens is 410 g/mol. The molecule has 0 saturated carbocycles. The van der Waals surface area contributed by atoms with E-state index < -0.39 is 0 Å². The van der Waals surface area contributed by atoms with Crippen molar-refractivity contribution in [1.82, 2.24) is 20.1 Å². The molecular formula is C23H27N5O2S. The lowest BCUT2D eigenvalue weighted by molar-refractivity contribution is -0.113. The van der Waals surface area contributed by atoms with Gasteiger partial charge in [0.25, 0.3) is 5.91 Å². The fourth-order valence-corrected chi connectivity index (χ4v) is 4.03. The van der Waals surface area contributed by atoms with Crippen molar-refractivity contribution in [2.75, 3.05) is 11.1 Å². The van der Waals surface area contributed by atoms with Gasteiger partial charge >= 0.3 is 0 Å². The van der Waals surface area contributed by atoms with Crippen molar-refractivity contribution in [3.8, 4) is 0 Å². The molecule has 0 radical (unpaired) electrons. The lowest BCUT2D eigenvalue weighted by Gasteiger charge is -2.15. The predicted octanol–water partition coefficient (Wildman–Crippen LogP) is 4.08. The molecule has 8 heteroatoms. The molecule has 3 aromatic rings. The minimum absolute atomic E-state index is 0.0940. The van der Waals surface area contributed by atoms with Crippen LogP contribution in [0.5, 0.6) is 0 Å². The summed E-state index contributed by atoms with van der Waals surface area (Å²) in [7, 11) is 0. The van der Waals surface area contributed by atoms with Gasteiger partial charge in [-0.25, -0.2) is 0 Å². The molecule has 1 heterocycles. The Kier molecular flexibility index (Phi) is 7.83. The molecule has 0 fully saturated rings. The number of anilines is 1. The van der Waals surface area contributed by atoms with Crippen LogP contribution in [0, 0.1) is 0 Å². The highest BCUT2D eigenvalue weighted by atomic mass is 32.2. The smallest absolute Gasteiger partial charge is 0.251 e. The first-order valence-corrected chi connectivity index (χ1v) is 11.3. The minimum atomic E-state index is -0.320. The lowest BCUT2D eigenvalue weighted by atomic mass is 10.1. The van der Waals surface area contributed by atoms with Gasteiger partial charge in [0, 0.05) is 17.8 Å². The van der Waals surface area contributed by atoms with Gasteiger partial charge in [0.15, 0.2) is 11.0 Å². The first kappa shape index (κ1) is 22.6. The van der Waals surface area contributed by atoms with E-state index in [4.69, 9.17) is 0 Å². The van der Waals surface area contributed by atoms with Crippen LogP contribution < -0.4 is 10.6 Å². The van der Waals surface area contributed by atoms with Crippen molar-refractivity contribution < 1.29 is 9.59 Å². The van der Waals surface area contributed by atoms with Crippen LogP contribution in [0.25, 0.3) is 0 Å². The summed E-state index contributed by atoms with van der Waals surface area (Å²) in [6.07, 6.45) is 0.851. The molecule has 0 spiro atoms. The van der Waals surface area contributed by atoms with Crippen LogP contribution in [0.1, 0.15) is 48.6 Å². The van der Waals surface area contributed by atoms with Crippen LogP contribution in [-0.4, -0.2) is 32.3 Å². The Hall–Kier alpha value is -3.13. The molecule has 0 aliphatic rings. The van der Waals surface area contributed by atoms with E-state index in [9.17, 15) is 9.59 Å². The summed E-state index contributed by atoms with van der Waals surface area (Å²) in [5, 5.41) is 15.1. The quantitative estimate of drug-likeness (QED) is 0.493. The standard InChI is InChI=1S/C23H27N5O2S/c1-4-17-11-9-10-14-19(17)25-20(29)15-31-23-27-26-21(28(23)5-2)16(3)24-22(30)18-12-7-6-8-13-18/h6-14,16H,4-5,15H2,1-3H3,(H,24,30)(H,25,29)/t16-/m1/s1. The highest BCUT2D eigenvalue weighted by Gasteiger charge is 2.20. The fourth-order valence-electron chi connectivity index (χ4n) is 3.23. The summed E-state index contributed by atoms with van der Waals surface area (Å²) >= 11 is 1.33. The number of carbonyl (C=O) groups excluding carboxylic acids is 2. The molecule has 1 atom stereocenters. The topological polar surface area (TPSA) is 88.9 Å². The molecule has 31 heavy (non-hydrogen) atoms. The zero-order chi connectivity index (χ0) is 22.2. The third kappa shape index (κ3) is 5.73. The average Bonchev–Trinajstić information content (AvgIpc) is 3.21. The molecule has 2 N–H and O–H groups in total. The van der Waals surface area contributed by atoms with Crippen LogP contribution in [0.4, 0.5) is 5.69 Å². The number of nitrogens with zero attached hydrogens (tertiary/aromatic N) is 3. The maximum atomic E-state index is 12.5. The number of carbonyl (C=O) groups is 2. The van der Waals surface area contributed by atoms with E-state index >= 15 is 0 Å². The Bertz CT molecular complexity index is 1040. The van der Waals surface area contributed by atoms with Gasteiger partial charge in [0.05, 0.1) is 11.8 Å². The monoisotopic (exact) mass is 437 g/mol. The molecule has 7 nitrogen and oxygen atoms in total. The number of para-hydroxylation sites is 1. The number of rotatable bonds is 9. The second-order valence-electron chi connectivity index (χ2n) is 6.99. The number of aryl methyl sites for hydroxylation is 1. The van der Waals surface area contributed by atoms with E-state index in [0.717, 1.165) is 17.7 Å². The van der Waals surface area contributed by atoms with Crippen molar-refractivity contribution in [3.63, 3.8) is 0 Å². The molecule has 0 unspecified atom stereocenters. The number of benzene rings is 2. The van der Waals surface area contributed by atoms with Crippen molar-refractivity contribution >= 4 is 29.3 Å². The van der Waals surface area contributed by atoms with Crippen molar-refractivity contribution in [1.29, 1.82) is 0 Å². The summed E-state index contributed by atoms with van der Waals surface area (Å²) in [4.78, 5) is 24.9. The largest absolute Gasteiger partial charge is 0.342 e. The number of amides is 2. The zero-order valence-corrected chi connectivity index (χ0v) is 18.8. The molecule has 2 amide bonds. The Balaban J connectivity index is 1.63. The number of nitrogens with one attached hydrogen (secondary N) is 2. The average molecular weight is 438 g/mol. The van der Waals surface area contributed by atoms with Gasteiger partial charge in [-0.3, -0.25) is 9.59 Å². The Morgan fingerprint density at radius 3 is 2.45 bits per heavy atom. The van der Waals surface area contributed by atoms with E-state index in [1.807, 2.05) is 60.9 Å². The Labute approximate surface area is 186 Å². The summed E-state index contributed by atoms with van der Waals surface area (Å²) < 4.78 is 1.92. The molecule has 0 aliphatic carbocycles. The van der Waals surface area contributed by atoms with Crippen LogP contribution in [0.2, 0.25) is 0 Å². The maximum absolute atomic E-state index is 12.5. The maximum Gasteiger partial charge on any atom is 0.251 e. The highest BCUT2D eigenvalue weighted by molar-refractivity contribution is 7.99. The summed E-state index contributed by atoms with van der Waals surface area (Å²) in [5.74, 6) is 0.623. The molecule has 2 aromatic carbocycles. The van der Waals surface area contributed by atoms with Crippen LogP contribution >= 0.6 is 11.8 Å². The second-order valence-corrected chi connectivity index (χ2v) is 7.94. The minimum Gasteiger partial charge on any atom is -0.342 e. The summed E-state index contributed by atoms with van der Waals surface area (Å²) in [6, 6.07) is 16.5. The van der Waals surface area contributed by atoms with Gasteiger partial charge in [0.2, 0.25) is 5.91 Å². The molecule has 3 rings (SSSR count). The summed E-state index contributed by atoms with van der Waals surface area (Å²) in [6.45, 7) is 6.55. The van der Waals surface area contributed by atoms with Crippen LogP contribution in [0.15, 0.2) is 59.8 Å². The first-order chi connectivity index (χ1) is 15.0. The van der Waals surface area contributed by atoms with Crippen molar-refractivity contribution in [3.05, 3.63) is 71.5 Å². The van der Waals surface area contributed by atoms with Crippen LogP contribution in [-0.2, 0) is 17.8 Å². The third-order valence-electron chi connectivity index (χ3n) is 4.84. The second kappa shape index (κ2) is 10.8. The number of hydrogen-bond acceptors (Lipinski definition) is 5. The SMILES string of the molecule is CCc1ccccc1NC(=O)CSc1nnc([C@@H](C)NC(=O)c2ccccc2)n1CC. The predicted molar refractivity (Wildman–Crippen MR) is 123 cm³/mol. The van der Waals surface area contributed by atoms with Crippen molar-refractivity contribution in [2.24, 2.45) is 0 Å². The third-order valence-corrected chi connectivity index (χ3v) is 5.80. The van der Waals surface area contributed by atoms with Gasteiger partial charge in [-0.05, 0) is 44.0 Å². The van der Waals surface area contributed by atoms with E-state index in [1.165, 1.54) is 11.8 Å². The Morgan fingerprint density at radius 2 is 1.74 bits per heavy atom. The highest BCUT2D eigenvalue weighted by Crippen LogP contribution is 2.22. The Morgan fingerprint density at radius 1 is 1.03 bits per heavy atom. The van der Waals surface area contributed by atoms with Gasteiger partial charge in [-0.1, -0.05) is 55.1 Å². The summed E-state index contributed by atoms with van der Waals surface area (Å²) in [5.41, 5.74) is 2.53. The van der Waals surface area contributed by atoms with Gasteiger partial charge in [-0.15, -0.1) is 10.2 Å². The number of aromatic nitrogens is 3. The van der Waals surface area contributed by atoms with E-state index in [1.54, 1.807) is 12.1 Å².